The molecule has 0 saturated carbocycles. The van der Waals surface area contributed by atoms with Crippen molar-refractivity contribution in [1.82, 2.24) is 0 Å². The molecule has 4 aromatic carbocycles. The first-order chi connectivity index (χ1) is 18.0. The third-order valence-corrected chi connectivity index (χ3v) is 7.12. The summed E-state index contributed by atoms with van der Waals surface area (Å²) < 4.78 is 37.9. The summed E-state index contributed by atoms with van der Waals surface area (Å²) >= 11 is 12.3. The Morgan fingerprint density at radius 2 is 1.76 bits per heavy atom. The van der Waals surface area contributed by atoms with E-state index in [9.17, 15) is 22.9 Å². The molecule has 12 heteroatoms. The fourth-order valence-corrected chi connectivity index (χ4v) is 4.91. The average Bonchev–Trinajstić information content (AvgIpc) is 2.86. The van der Waals surface area contributed by atoms with Gasteiger partial charge in [-0.15, -0.1) is 10.2 Å². The van der Waals surface area contributed by atoms with Gasteiger partial charge in [0.1, 0.15) is 17.1 Å². The molecule has 0 bridgehead atoms. The highest BCUT2D eigenvalue weighted by Crippen LogP contribution is 2.41. The number of nitrogens with one attached hydrogen (secondary N) is 1. The SMILES string of the molecule is CCOc1cc(NC(=O)c2cc3ccccc3c(N=Nc3cc(C)c(S(=O)(=O)O)cc3Cl)c2O)ccc1Cl. The number of azo groups is 1. The Morgan fingerprint density at radius 3 is 2.47 bits per heavy atom. The second kappa shape index (κ2) is 11.0. The Labute approximate surface area is 228 Å². The number of ether oxygens (including phenoxy) is 1. The van der Waals surface area contributed by atoms with Crippen molar-refractivity contribution in [2.75, 3.05) is 11.9 Å². The molecule has 196 valence electrons. The first-order valence-electron chi connectivity index (χ1n) is 11.2. The number of nitrogens with zero attached hydrogens (tertiary/aromatic N) is 2. The van der Waals surface area contributed by atoms with E-state index in [1.54, 1.807) is 42.5 Å². The highest BCUT2D eigenvalue weighted by atomic mass is 35.5. The van der Waals surface area contributed by atoms with Gasteiger partial charge in [0.05, 0.1) is 27.1 Å². The number of rotatable bonds is 7. The fraction of sp³-hybridized carbons (Fsp3) is 0.115. The molecule has 0 unspecified atom stereocenters. The predicted octanol–water partition coefficient (Wildman–Crippen LogP) is 7.47. The summed E-state index contributed by atoms with van der Waals surface area (Å²) in [5.41, 5.74) is 0.642. The van der Waals surface area contributed by atoms with Gasteiger partial charge in [-0.2, -0.15) is 8.42 Å². The smallest absolute Gasteiger partial charge is 0.294 e. The first-order valence-corrected chi connectivity index (χ1v) is 13.4. The molecule has 1 amide bonds. The minimum absolute atomic E-state index is 0.00642. The van der Waals surface area contributed by atoms with Gasteiger partial charge in [-0.3, -0.25) is 9.35 Å². The van der Waals surface area contributed by atoms with Crippen molar-refractivity contribution >= 4 is 67.1 Å². The van der Waals surface area contributed by atoms with Gasteiger partial charge in [0.25, 0.3) is 16.0 Å². The number of anilines is 1. The lowest BCUT2D eigenvalue weighted by Crippen LogP contribution is -2.12. The summed E-state index contributed by atoms with van der Waals surface area (Å²) in [5, 5.41) is 23.5. The van der Waals surface area contributed by atoms with Gasteiger partial charge < -0.3 is 15.2 Å². The Bertz CT molecular complexity index is 1710. The van der Waals surface area contributed by atoms with E-state index in [4.69, 9.17) is 27.9 Å². The largest absolute Gasteiger partial charge is 0.505 e. The molecule has 4 rings (SSSR count). The van der Waals surface area contributed by atoms with Crippen LogP contribution in [-0.2, 0) is 10.1 Å². The van der Waals surface area contributed by atoms with E-state index in [-0.39, 0.29) is 32.4 Å². The number of amides is 1. The van der Waals surface area contributed by atoms with Gasteiger partial charge in [0.2, 0.25) is 0 Å². The molecule has 0 fully saturated rings. The number of hydrogen-bond donors (Lipinski definition) is 3. The van der Waals surface area contributed by atoms with Crippen LogP contribution in [0.25, 0.3) is 10.8 Å². The summed E-state index contributed by atoms with van der Waals surface area (Å²) in [6.45, 7) is 3.66. The van der Waals surface area contributed by atoms with Crippen LogP contribution >= 0.6 is 23.2 Å². The molecule has 3 N–H and O–H groups in total. The molecule has 38 heavy (non-hydrogen) atoms. The lowest BCUT2D eigenvalue weighted by Gasteiger charge is -2.12. The number of aryl methyl sites for hydroxylation is 1. The van der Waals surface area contributed by atoms with Crippen LogP contribution in [-0.4, -0.2) is 30.6 Å². The van der Waals surface area contributed by atoms with E-state index >= 15 is 0 Å². The van der Waals surface area contributed by atoms with Gasteiger partial charge in [0, 0.05) is 17.1 Å². The van der Waals surface area contributed by atoms with Crippen LogP contribution in [0, 0.1) is 6.92 Å². The lowest BCUT2D eigenvalue weighted by molar-refractivity contribution is 0.102. The zero-order chi connectivity index (χ0) is 27.6. The van der Waals surface area contributed by atoms with Gasteiger partial charge in [-0.1, -0.05) is 47.5 Å². The molecule has 0 aromatic heterocycles. The van der Waals surface area contributed by atoms with E-state index in [0.29, 0.717) is 33.8 Å². The maximum atomic E-state index is 13.2. The van der Waals surface area contributed by atoms with E-state index in [1.165, 1.54) is 19.1 Å². The number of hydrogen-bond acceptors (Lipinski definition) is 7. The summed E-state index contributed by atoms with van der Waals surface area (Å²) in [6, 6.07) is 15.6. The number of carbonyl (C=O) groups excluding carboxylic acids is 1. The number of fused-ring (bicyclic) bond motifs is 1. The number of benzene rings is 4. The summed E-state index contributed by atoms with van der Waals surface area (Å²) in [5.74, 6) is -0.636. The van der Waals surface area contributed by atoms with Crippen LogP contribution in [0.1, 0.15) is 22.8 Å². The normalized spacial score (nSPS) is 11.7. The number of aromatic hydroxyl groups is 1. The van der Waals surface area contributed by atoms with Gasteiger partial charge in [0.15, 0.2) is 5.75 Å². The topological polar surface area (TPSA) is 138 Å². The first kappa shape index (κ1) is 27.3. The van der Waals surface area contributed by atoms with Crippen LogP contribution in [0.3, 0.4) is 0 Å². The molecule has 0 saturated heterocycles. The Kier molecular flexibility index (Phi) is 7.89. The van der Waals surface area contributed by atoms with Crippen molar-refractivity contribution in [2.24, 2.45) is 10.2 Å². The number of phenols is 1. The summed E-state index contributed by atoms with van der Waals surface area (Å²) in [6.07, 6.45) is 0. The minimum Gasteiger partial charge on any atom is -0.505 e. The van der Waals surface area contributed by atoms with Gasteiger partial charge in [-0.05, 0) is 55.1 Å². The van der Waals surface area contributed by atoms with Crippen molar-refractivity contribution in [3.8, 4) is 11.5 Å². The molecular formula is C26H21Cl2N3O6S. The Hall–Kier alpha value is -3.70. The van der Waals surface area contributed by atoms with Gasteiger partial charge in [-0.25, -0.2) is 0 Å². The Balaban J connectivity index is 1.76. The summed E-state index contributed by atoms with van der Waals surface area (Å²) in [4.78, 5) is 12.8. The standard InChI is InChI=1S/C26H21Cl2N3O6S/c1-3-37-22-12-16(8-9-19(22)27)29-26(33)18-11-15-6-4-5-7-17(15)24(25(18)32)31-30-21-10-14(2)23(13-20(21)28)38(34,35)36/h4-13,32H,3H2,1-2H3,(H,29,33)(H,34,35,36). The molecule has 0 aliphatic carbocycles. The molecule has 0 heterocycles. The highest BCUT2D eigenvalue weighted by molar-refractivity contribution is 7.85. The number of phenolic OH excluding ortho intramolecular Hbond substituents is 1. The van der Waals surface area contributed by atoms with Gasteiger partial charge >= 0.3 is 0 Å². The quantitative estimate of drug-likeness (QED) is 0.155. The maximum Gasteiger partial charge on any atom is 0.294 e. The molecule has 4 aromatic rings. The predicted molar refractivity (Wildman–Crippen MR) is 146 cm³/mol. The lowest BCUT2D eigenvalue weighted by atomic mass is 10.0. The highest BCUT2D eigenvalue weighted by Gasteiger charge is 2.20. The number of carbonyl (C=O) groups is 1. The second-order valence-electron chi connectivity index (χ2n) is 8.12. The zero-order valence-corrected chi connectivity index (χ0v) is 22.4. The fourth-order valence-electron chi connectivity index (χ4n) is 3.74. The minimum atomic E-state index is -4.48. The molecule has 0 aliphatic heterocycles. The Morgan fingerprint density at radius 1 is 1.03 bits per heavy atom. The molecule has 0 radical (unpaired) electrons. The van der Waals surface area contributed by atoms with Crippen LogP contribution in [0.4, 0.5) is 17.1 Å². The van der Waals surface area contributed by atoms with Crippen molar-refractivity contribution in [1.29, 1.82) is 0 Å². The molecular weight excluding hydrogens is 553 g/mol. The second-order valence-corrected chi connectivity index (χ2v) is 10.3. The third kappa shape index (κ3) is 5.73. The average molecular weight is 574 g/mol. The number of halogens is 2. The monoisotopic (exact) mass is 573 g/mol. The van der Waals surface area contributed by atoms with Crippen LogP contribution < -0.4 is 10.1 Å². The van der Waals surface area contributed by atoms with Crippen LogP contribution in [0.5, 0.6) is 11.5 Å². The van der Waals surface area contributed by atoms with E-state index in [2.05, 4.69) is 15.5 Å². The van der Waals surface area contributed by atoms with Crippen molar-refractivity contribution in [3.05, 3.63) is 81.8 Å². The molecule has 9 nitrogen and oxygen atoms in total. The van der Waals surface area contributed by atoms with Crippen LogP contribution in [0.2, 0.25) is 10.0 Å². The molecule has 0 aliphatic rings. The zero-order valence-electron chi connectivity index (χ0n) is 20.1. The van der Waals surface area contributed by atoms with Crippen molar-refractivity contribution in [2.45, 2.75) is 18.7 Å². The van der Waals surface area contributed by atoms with E-state index in [0.717, 1.165) is 6.07 Å². The van der Waals surface area contributed by atoms with E-state index < -0.39 is 21.8 Å². The summed E-state index contributed by atoms with van der Waals surface area (Å²) in [7, 11) is -4.48. The molecule has 0 atom stereocenters. The van der Waals surface area contributed by atoms with E-state index in [1.807, 2.05) is 6.92 Å². The van der Waals surface area contributed by atoms with Crippen molar-refractivity contribution in [3.63, 3.8) is 0 Å². The van der Waals surface area contributed by atoms with Crippen molar-refractivity contribution < 1.29 is 27.6 Å². The third-order valence-electron chi connectivity index (χ3n) is 5.51. The van der Waals surface area contributed by atoms with Crippen LogP contribution in [0.15, 0.2) is 75.8 Å². The maximum absolute atomic E-state index is 13.2. The molecule has 0 spiro atoms.